The molecular formula is C27H32N4O5. The Bertz CT molecular complexity index is 1130. The lowest BCUT2D eigenvalue weighted by atomic mass is 10.1. The summed E-state index contributed by atoms with van der Waals surface area (Å²) < 4.78 is 21.5. The molecule has 0 saturated carbocycles. The number of carbonyl (C=O) groups excluding carboxylic acids is 1. The number of amides is 1. The first-order chi connectivity index (χ1) is 17.6. The number of methoxy groups -OCH3 is 4. The molecule has 1 fully saturated rings. The van der Waals surface area contributed by atoms with Crippen molar-refractivity contribution in [3.63, 3.8) is 0 Å². The summed E-state index contributed by atoms with van der Waals surface area (Å²) in [6.45, 7) is 2.76. The molecule has 1 amide bonds. The van der Waals surface area contributed by atoms with Crippen molar-refractivity contribution in [1.82, 2.24) is 15.1 Å². The van der Waals surface area contributed by atoms with Crippen LogP contribution in [-0.2, 0) is 11.2 Å². The third kappa shape index (κ3) is 5.62. The number of piperazine rings is 1. The lowest BCUT2D eigenvalue weighted by Crippen LogP contribution is -2.49. The van der Waals surface area contributed by atoms with Gasteiger partial charge in [-0.15, -0.1) is 10.2 Å². The molecule has 2 heterocycles. The van der Waals surface area contributed by atoms with Gasteiger partial charge in [0.2, 0.25) is 11.7 Å². The van der Waals surface area contributed by atoms with Crippen molar-refractivity contribution >= 4 is 11.7 Å². The summed E-state index contributed by atoms with van der Waals surface area (Å²) in [4.78, 5) is 16.8. The predicted octanol–water partition coefficient (Wildman–Crippen LogP) is 3.46. The molecule has 1 aliphatic heterocycles. The molecule has 1 aromatic heterocycles. The quantitative estimate of drug-likeness (QED) is 0.449. The van der Waals surface area contributed by atoms with E-state index in [0.717, 1.165) is 29.1 Å². The average molecular weight is 493 g/mol. The number of benzene rings is 2. The standard InChI is InChI=1S/C27H32N4O5/c1-33-21-8-5-19(6-9-21)7-12-26(32)31-15-13-30(14-16-31)25-11-10-22(28-29-25)20-17-23(34-2)27(36-4)24(18-20)35-3/h5-6,8-11,17-18H,7,12-16H2,1-4H3. The molecule has 0 N–H and O–H groups in total. The van der Waals surface area contributed by atoms with Crippen LogP contribution >= 0.6 is 0 Å². The largest absolute Gasteiger partial charge is 0.497 e. The Morgan fingerprint density at radius 3 is 2.00 bits per heavy atom. The Morgan fingerprint density at radius 2 is 1.47 bits per heavy atom. The first-order valence-electron chi connectivity index (χ1n) is 11.9. The van der Waals surface area contributed by atoms with E-state index in [0.29, 0.717) is 55.5 Å². The number of rotatable bonds is 9. The van der Waals surface area contributed by atoms with Crippen molar-refractivity contribution in [2.75, 3.05) is 59.5 Å². The smallest absolute Gasteiger partial charge is 0.223 e. The second kappa shape index (κ2) is 11.6. The van der Waals surface area contributed by atoms with E-state index in [4.69, 9.17) is 18.9 Å². The van der Waals surface area contributed by atoms with Gasteiger partial charge in [0.15, 0.2) is 17.3 Å². The third-order valence-electron chi connectivity index (χ3n) is 6.35. The molecule has 0 bridgehead atoms. The Morgan fingerprint density at radius 1 is 0.806 bits per heavy atom. The molecule has 36 heavy (non-hydrogen) atoms. The maximum Gasteiger partial charge on any atom is 0.223 e. The SMILES string of the molecule is COc1ccc(CCC(=O)N2CCN(c3ccc(-c4cc(OC)c(OC)c(OC)c4)nn3)CC2)cc1. The van der Waals surface area contributed by atoms with E-state index in [1.807, 2.05) is 53.4 Å². The zero-order valence-corrected chi connectivity index (χ0v) is 21.2. The van der Waals surface area contributed by atoms with Crippen LogP contribution in [0, 0.1) is 0 Å². The van der Waals surface area contributed by atoms with Gasteiger partial charge in [-0.25, -0.2) is 0 Å². The van der Waals surface area contributed by atoms with E-state index >= 15 is 0 Å². The van der Waals surface area contributed by atoms with Crippen LogP contribution < -0.4 is 23.8 Å². The molecule has 0 unspecified atom stereocenters. The summed E-state index contributed by atoms with van der Waals surface area (Å²) in [7, 11) is 6.38. The molecule has 0 aliphatic carbocycles. The van der Waals surface area contributed by atoms with Gasteiger partial charge in [-0.2, -0.15) is 0 Å². The molecule has 1 saturated heterocycles. The highest BCUT2D eigenvalue weighted by Crippen LogP contribution is 2.40. The number of carbonyl (C=O) groups is 1. The highest BCUT2D eigenvalue weighted by atomic mass is 16.5. The topological polar surface area (TPSA) is 86.3 Å². The Hall–Kier alpha value is -4.01. The number of nitrogens with zero attached hydrogens (tertiary/aromatic N) is 4. The normalized spacial score (nSPS) is 13.3. The summed E-state index contributed by atoms with van der Waals surface area (Å²) in [6, 6.07) is 15.4. The van der Waals surface area contributed by atoms with Gasteiger partial charge in [0.1, 0.15) is 5.75 Å². The summed E-state index contributed by atoms with van der Waals surface area (Å²) >= 11 is 0. The van der Waals surface area contributed by atoms with Gasteiger partial charge in [-0.1, -0.05) is 12.1 Å². The van der Waals surface area contributed by atoms with E-state index in [-0.39, 0.29) is 5.91 Å². The van der Waals surface area contributed by atoms with Gasteiger partial charge in [0.25, 0.3) is 0 Å². The summed E-state index contributed by atoms with van der Waals surface area (Å²) in [5.41, 5.74) is 2.64. The van der Waals surface area contributed by atoms with Crippen LogP contribution in [0.4, 0.5) is 5.82 Å². The average Bonchev–Trinajstić information content (AvgIpc) is 2.95. The van der Waals surface area contributed by atoms with Gasteiger partial charge in [0, 0.05) is 38.2 Å². The van der Waals surface area contributed by atoms with Gasteiger partial charge in [-0.05, 0) is 48.4 Å². The van der Waals surface area contributed by atoms with Crippen LogP contribution in [0.2, 0.25) is 0 Å². The van der Waals surface area contributed by atoms with Crippen molar-refractivity contribution in [3.05, 3.63) is 54.1 Å². The molecule has 9 heteroatoms. The third-order valence-corrected chi connectivity index (χ3v) is 6.35. The number of anilines is 1. The lowest BCUT2D eigenvalue weighted by molar-refractivity contribution is -0.131. The summed E-state index contributed by atoms with van der Waals surface area (Å²) in [5, 5.41) is 8.87. The molecule has 9 nitrogen and oxygen atoms in total. The molecule has 0 spiro atoms. The van der Waals surface area contributed by atoms with E-state index in [9.17, 15) is 4.79 Å². The Balaban J connectivity index is 1.34. The highest BCUT2D eigenvalue weighted by Gasteiger charge is 2.22. The van der Waals surface area contributed by atoms with E-state index in [2.05, 4.69) is 15.1 Å². The van der Waals surface area contributed by atoms with Gasteiger partial charge in [0.05, 0.1) is 34.1 Å². The van der Waals surface area contributed by atoms with E-state index < -0.39 is 0 Å². The molecule has 0 atom stereocenters. The van der Waals surface area contributed by atoms with Crippen LogP contribution in [0.1, 0.15) is 12.0 Å². The van der Waals surface area contributed by atoms with E-state index in [1.165, 1.54) is 0 Å². The van der Waals surface area contributed by atoms with Gasteiger partial charge >= 0.3 is 0 Å². The maximum absolute atomic E-state index is 12.7. The van der Waals surface area contributed by atoms with Crippen LogP contribution in [0.3, 0.4) is 0 Å². The molecule has 0 radical (unpaired) electrons. The highest BCUT2D eigenvalue weighted by molar-refractivity contribution is 5.77. The van der Waals surface area contributed by atoms with Crippen LogP contribution in [-0.4, -0.2) is 75.6 Å². The number of hydrogen-bond acceptors (Lipinski definition) is 8. The first kappa shape index (κ1) is 25.1. The number of hydrogen-bond donors (Lipinski definition) is 0. The number of aryl methyl sites for hydroxylation is 1. The van der Waals surface area contributed by atoms with Gasteiger partial charge in [-0.3, -0.25) is 4.79 Å². The molecule has 190 valence electrons. The fourth-order valence-electron chi connectivity index (χ4n) is 4.26. The molecule has 3 aromatic rings. The van der Waals surface area contributed by atoms with Crippen molar-refractivity contribution in [2.24, 2.45) is 0 Å². The minimum Gasteiger partial charge on any atom is -0.497 e. The van der Waals surface area contributed by atoms with Crippen molar-refractivity contribution < 1.29 is 23.7 Å². The zero-order chi connectivity index (χ0) is 25.5. The zero-order valence-electron chi connectivity index (χ0n) is 21.2. The molecule has 1 aliphatic rings. The van der Waals surface area contributed by atoms with Crippen LogP contribution in [0.5, 0.6) is 23.0 Å². The Kier molecular flexibility index (Phi) is 8.10. The second-order valence-corrected chi connectivity index (χ2v) is 8.41. The molecule has 4 rings (SSSR count). The molecular weight excluding hydrogens is 460 g/mol. The minimum atomic E-state index is 0.175. The lowest BCUT2D eigenvalue weighted by Gasteiger charge is -2.35. The van der Waals surface area contributed by atoms with Gasteiger partial charge < -0.3 is 28.7 Å². The van der Waals surface area contributed by atoms with Crippen molar-refractivity contribution in [3.8, 4) is 34.3 Å². The summed E-state index contributed by atoms with van der Waals surface area (Å²) in [5.74, 6) is 3.44. The predicted molar refractivity (Wildman–Crippen MR) is 137 cm³/mol. The molecule has 2 aromatic carbocycles. The fraction of sp³-hybridized carbons (Fsp3) is 0.370. The van der Waals surface area contributed by atoms with Crippen LogP contribution in [0.25, 0.3) is 11.3 Å². The van der Waals surface area contributed by atoms with Crippen molar-refractivity contribution in [2.45, 2.75) is 12.8 Å². The second-order valence-electron chi connectivity index (χ2n) is 8.41. The Labute approximate surface area is 211 Å². The van der Waals surface area contributed by atoms with Crippen molar-refractivity contribution in [1.29, 1.82) is 0 Å². The number of aromatic nitrogens is 2. The van der Waals surface area contributed by atoms with Crippen LogP contribution in [0.15, 0.2) is 48.5 Å². The first-order valence-corrected chi connectivity index (χ1v) is 11.9. The number of ether oxygens (including phenoxy) is 4. The fourth-order valence-corrected chi connectivity index (χ4v) is 4.26. The summed E-state index contributed by atoms with van der Waals surface area (Å²) in [6.07, 6.45) is 1.21. The van der Waals surface area contributed by atoms with E-state index in [1.54, 1.807) is 28.4 Å². The monoisotopic (exact) mass is 492 g/mol. The maximum atomic E-state index is 12.7. The minimum absolute atomic E-state index is 0.175.